The molecule has 36 heavy (non-hydrogen) atoms. The first kappa shape index (κ1) is 23.4. The van der Waals surface area contributed by atoms with Crippen LogP contribution in [0.15, 0.2) is 94.9 Å². The standard InChI is InChI=1S/C27H23N5O3S/c1-18-16-24(32(30-18)19-10-4-3-5-11-19)29-25(33)17-36-27-28-21-13-7-6-12-20(21)26(34)31(27)22-14-8-9-15-23(22)35-2/h3-16H,17H2,1-2H3,(H,29,33). The van der Waals surface area contributed by atoms with Gasteiger partial charge >= 0.3 is 0 Å². The van der Waals surface area contributed by atoms with E-state index in [9.17, 15) is 9.59 Å². The van der Waals surface area contributed by atoms with Crippen molar-refractivity contribution < 1.29 is 9.53 Å². The normalized spacial score (nSPS) is 10.9. The number of para-hydroxylation sites is 4. The van der Waals surface area contributed by atoms with Gasteiger partial charge in [-0.05, 0) is 43.3 Å². The molecule has 0 aliphatic carbocycles. The zero-order valence-corrected chi connectivity index (χ0v) is 20.5. The van der Waals surface area contributed by atoms with Crippen molar-refractivity contribution in [1.29, 1.82) is 0 Å². The van der Waals surface area contributed by atoms with Crippen LogP contribution in [0.25, 0.3) is 22.3 Å². The average Bonchev–Trinajstić information content (AvgIpc) is 3.27. The van der Waals surface area contributed by atoms with Crippen LogP contribution in [0.1, 0.15) is 5.69 Å². The molecule has 180 valence electrons. The van der Waals surface area contributed by atoms with E-state index in [2.05, 4.69) is 10.4 Å². The van der Waals surface area contributed by atoms with Crippen LogP contribution in [-0.4, -0.2) is 38.1 Å². The van der Waals surface area contributed by atoms with Gasteiger partial charge in [-0.25, -0.2) is 9.67 Å². The van der Waals surface area contributed by atoms with Gasteiger partial charge in [-0.3, -0.25) is 14.2 Å². The molecule has 0 aliphatic rings. The molecule has 2 heterocycles. The highest BCUT2D eigenvalue weighted by Crippen LogP contribution is 2.27. The highest BCUT2D eigenvalue weighted by atomic mass is 32.2. The Hall–Kier alpha value is -4.37. The van der Waals surface area contributed by atoms with Gasteiger partial charge in [-0.1, -0.05) is 54.2 Å². The largest absolute Gasteiger partial charge is 0.495 e. The molecule has 5 rings (SSSR count). The number of fused-ring (bicyclic) bond motifs is 1. The van der Waals surface area contributed by atoms with Crippen molar-refractivity contribution in [2.45, 2.75) is 12.1 Å². The quantitative estimate of drug-likeness (QED) is 0.261. The fourth-order valence-corrected chi connectivity index (χ4v) is 4.71. The SMILES string of the molecule is COc1ccccc1-n1c(SCC(=O)Nc2cc(C)nn2-c2ccccc2)nc2ccccc2c1=O. The van der Waals surface area contributed by atoms with Crippen molar-refractivity contribution in [3.8, 4) is 17.1 Å². The lowest BCUT2D eigenvalue weighted by atomic mass is 10.2. The number of benzene rings is 3. The zero-order valence-electron chi connectivity index (χ0n) is 19.7. The van der Waals surface area contributed by atoms with Crippen LogP contribution in [0.4, 0.5) is 5.82 Å². The van der Waals surface area contributed by atoms with E-state index < -0.39 is 0 Å². The summed E-state index contributed by atoms with van der Waals surface area (Å²) in [4.78, 5) is 31.2. The van der Waals surface area contributed by atoms with E-state index in [1.165, 1.54) is 16.3 Å². The van der Waals surface area contributed by atoms with E-state index in [1.54, 1.807) is 42.1 Å². The summed E-state index contributed by atoms with van der Waals surface area (Å²) < 4.78 is 8.69. The van der Waals surface area contributed by atoms with Gasteiger partial charge in [-0.15, -0.1) is 0 Å². The van der Waals surface area contributed by atoms with E-state index in [0.717, 1.165) is 11.4 Å². The highest BCUT2D eigenvalue weighted by Gasteiger charge is 2.18. The van der Waals surface area contributed by atoms with Gasteiger partial charge in [0.25, 0.3) is 5.56 Å². The molecular weight excluding hydrogens is 474 g/mol. The summed E-state index contributed by atoms with van der Waals surface area (Å²) in [5, 5.41) is 8.31. The predicted octanol–water partition coefficient (Wildman–Crippen LogP) is 4.62. The third kappa shape index (κ3) is 4.60. The number of aryl methyl sites for hydroxylation is 1. The van der Waals surface area contributed by atoms with E-state index in [0.29, 0.717) is 33.3 Å². The maximum atomic E-state index is 13.5. The molecule has 0 fully saturated rings. The second-order valence-corrected chi connectivity index (χ2v) is 8.92. The van der Waals surface area contributed by atoms with Gasteiger partial charge in [0.05, 0.1) is 40.8 Å². The Labute approximate surface area is 211 Å². The van der Waals surface area contributed by atoms with Crippen LogP contribution in [0.2, 0.25) is 0 Å². The number of hydrogen-bond acceptors (Lipinski definition) is 6. The van der Waals surface area contributed by atoms with Crippen LogP contribution in [0.5, 0.6) is 5.75 Å². The summed E-state index contributed by atoms with van der Waals surface area (Å²) in [6.07, 6.45) is 0. The van der Waals surface area contributed by atoms with Gasteiger partial charge in [0, 0.05) is 6.07 Å². The molecule has 0 unspecified atom stereocenters. The van der Waals surface area contributed by atoms with Crippen LogP contribution in [0.3, 0.4) is 0 Å². The van der Waals surface area contributed by atoms with Crippen LogP contribution < -0.4 is 15.6 Å². The molecule has 0 aliphatic heterocycles. The van der Waals surface area contributed by atoms with Gasteiger partial charge in [0.15, 0.2) is 5.16 Å². The summed E-state index contributed by atoms with van der Waals surface area (Å²) in [6.45, 7) is 1.87. The molecule has 0 spiro atoms. The molecule has 2 aromatic heterocycles. The molecular formula is C27H23N5O3S. The fraction of sp³-hybridized carbons (Fsp3) is 0.111. The highest BCUT2D eigenvalue weighted by molar-refractivity contribution is 7.99. The lowest BCUT2D eigenvalue weighted by Crippen LogP contribution is -2.23. The summed E-state index contributed by atoms with van der Waals surface area (Å²) >= 11 is 1.18. The third-order valence-electron chi connectivity index (χ3n) is 5.50. The van der Waals surface area contributed by atoms with E-state index in [1.807, 2.05) is 61.5 Å². The maximum Gasteiger partial charge on any atom is 0.266 e. The second kappa shape index (κ2) is 10.1. The molecule has 5 aromatic rings. The molecule has 0 radical (unpaired) electrons. The number of nitrogens with one attached hydrogen (secondary N) is 1. The minimum atomic E-state index is -0.244. The van der Waals surface area contributed by atoms with Crippen LogP contribution in [-0.2, 0) is 4.79 Å². The minimum Gasteiger partial charge on any atom is -0.495 e. The Balaban J connectivity index is 1.46. The van der Waals surface area contributed by atoms with E-state index in [4.69, 9.17) is 9.72 Å². The van der Waals surface area contributed by atoms with Gasteiger partial charge in [0.2, 0.25) is 5.91 Å². The van der Waals surface area contributed by atoms with E-state index >= 15 is 0 Å². The number of hydrogen-bond donors (Lipinski definition) is 1. The number of carbonyl (C=O) groups is 1. The van der Waals surface area contributed by atoms with Crippen LogP contribution in [0, 0.1) is 6.92 Å². The second-order valence-electron chi connectivity index (χ2n) is 7.98. The van der Waals surface area contributed by atoms with Crippen molar-refractivity contribution >= 4 is 34.4 Å². The molecule has 0 saturated carbocycles. The summed E-state index contributed by atoms with van der Waals surface area (Å²) in [5.74, 6) is 0.896. The minimum absolute atomic E-state index is 0.0406. The number of carbonyl (C=O) groups excluding carboxylic acids is 1. The lowest BCUT2D eigenvalue weighted by Gasteiger charge is -2.15. The van der Waals surface area contributed by atoms with Gasteiger partial charge in [0.1, 0.15) is 11.6 Å². The van der Waals surface area contributed by atoms with Crippen molar-refractivity contribution in [2.24, 2.45) is 0 Å². The maximum absolute atomic E-state index is 13.5. The molecule has 9 heteroatoms. The fourth-order valence-electron chi connectivity index (χ4n) is 3.90. The number of ether oxygens (including phenoxy) is 1. The van der Waals surface area contributed by atoms with Crippen molar-refractivity contribution in [2.75, 3.05) is 18.2 Å². The number of methoxy groups -OCH3 is 1. The smallest absolute Gasteiger partial charge is 0.266 e. The number of amides is 1. The average molecular weight is 498 g/mol. The van der Waals surface area contributed by atoms with Gasteiger partial charge < -0.3 is 10.1 Å². The molecule has 0 saturated heterocycles. The molecule has 3 aromatic carbocycles. The zero-order chi connectivity index (χ0) is 25.1. The number of nitrogens with zero attached hydrogens (tertiary/aromatic N) is 4. The molecule has 0 atom stereocenters. The Bertz CT molecular complexity index is 1610. The Morgan fingerprint density at radius 2 is 1.72 bits per heavy atom. The number of anilines is 1. The van der Waals surface area contributed by atoms with E-state index in [-0.39, 0.29) is 17.2 Å². The van der Waals surface area contributed by atoms with Crippen LogP contribution >= 0.6 is 11.8 Å². The molecule has 1 N–H and O–H groups in total. The summed E-state index contributed by atoms with van der Waals surface area (Å²) in [7, 11) is 1.55. The number of rotatable bonds is 7. The van der Waals surface area contributed by atoms with Crippen molar-refractivity contribution in [3.05, 3.63) is 101 Å². The Morgan fingerprint density at radius 1 is 1.00 bits per heavy atom. The first-order chi connectivity index (χ1) is 17.5. The third-order valence-corrected chi connectivity index (χ3v) is 6.44. The monoisotopic (exact) mass is 497 g/mol. The summed E-state index contributed by atoms with van der Waals surface area (Å²) in [5.41, 5.74) is 2.52. The number of thioether (sulfide) groups is 1. The predicted molar refractivity (Wildman–Crippen MR) is 142 cm³/mol. The molecule has 0 bridgehead atoms. The Morgan fingerprint density at radius 3 is 2.53 bits per heavy atom. The van der Waals surface area contributed by atoms with Crippen molar-refractivity contribution in [3.63, 3.8) is 0 Å². The topological polar surface area (TPSA) is 91.0 Å². The molecule has 8 nitrogen and oxygen atoms in total. The van der Waals surface area contributed by atoms with Gasteiger partial charge in [-0.2, -0.15) is 5.10 Å². The summed E-state index contributed by atoms with van der Waals surface area (Å²) in [6, 6.07) is 25.8. The van der Waals surface area contributed by atoms with Crippen molar-refractivity contribution in [1.82, 2.24) is 19.3 Å². The first-order valence-electron chi connectivity index (χ1n) is 11.2. The number of aromatic nitrogens is 4. The first-order valence-corrected chi connectivity index (χ1v) is 12.2. The Kier molecular flexibility index (Phi) is 6.55. The molecule has 1 amide bonds. The lowest BCUT2D eigenvalue weighted by molar-refractivity contribution is -0.113.